The van der Waals surface area contributed by atoms with Crippen LogP contribution in [-0.2, 0) is 17.3 Å². The van der Waals surface area contributed by atoms with E-state index in [9.17, 15) is 5.11 Å². The molecule has 0 radical (unpaired) electrons. The largest absolute Gasteiger partial charge is 0.507 e. The first kappa shape index (κ1) is 23.8. The smallest absolute Gasteiger partial charge is 0.128 e. The molecule has 2 nitrogen and oxygen atoms in total. The lowest BCUT2D eigenvalue weighted by Gasteiger charge is -2.27. The number of para-hydroxylation sites is 1. The van der Waals surface area contributed by atoms with Gasteiger partial charge in [-0.3, -0.25) is 4.99 Å². The van der Waals surface area contributed by atoms with Gasteiger partial charge in [0.1, 0.15) is 5.75 Å². The molecule has 0 aromatic heterocycles. The van der Waals surface area contributed by atoms with Crippen molar-refractivity contribution in [3.8, 4) is 5.75 Å². The zero-order chi connectivity index (χ0) is 23.7. The van der Waals surface area contributed by atoms with Crippen LogP contribution in [0, 0.1) is 13.8 Å². The van der Waals surface area contributed by atoms with Crippen LogP contribution in [0.3, 0.4) is 0 Å². The Kier molecular flexibility index (Phi) is 6.64. The molecule has 0 aliphatic carbocycles. The molecule has 3 aromatic rings. The van der Waals surface area contributed by atoms with Crippen LogP contribution in [0.5, 0.6) is 5.75 Å². The summed E-state index contributed by atoms with van der Waals surface area (Å²) in [6.45, 7) is 17.3. The van der Waals surface area contributed by atoms with Crippen LogP contribution < -0.4 is 0 Å². The summed E-state index contributed by atoms with van der Waals surface area (Å²) in [5.41, 5.74) is 8.82. The summed E-state index contributed by atoms with van der Waals surface area (Å²) in [4.78, 5) is 4.85. The fourth-order valence-electron chi connectivity index (χ4n) is 4.00. The number of aromatic hydroxyl groups is 1. The zero-order valence-electron chi connectivity index (χ0n) is 20.9. The predicted molar refractivity (Wildman–Crippen MR) is 138 cm³/mol. The molecule has 3 rings (SSSR count). The maximum atomic E-state index is 11.1. The summed E-state index contributed by atoms with van der Waals surface area (Å²) < 4.78 is 0. The van der Waals surface area contributed by atoms with E-state index in [1.807, 2.05) is 12.3 Å². The third-order valence-electron chi connectivity index (χ3n) is 6.16. The second-order valence-corrected chi connectivity index (χ2v) is 10.9. The molecule has 0 saturated carbocycles. The molecule has 0 bridgehead atoms. The molecular weight excluding hydrogens is 390 g/mol. The van der Waals surface area contributed by atoms with Gasteiger partial charge in [-0.05, 0) is 64.6 Å². The first-order valence-electron chi connectivity index (χ1n) is 11.4. The van der Waals surface area contributed by atoms with Gasteiger partial charge in [-0.15, -0.1) is 0 Å². The van der Waals surface area contributed by atoms with Gasteiger partial charge in [0.15, 0.2) is 0 Å². The molecule has 0 aliphatic rings. The monoisotopic (exact) mass is 427 g/mol. The molecule has 1 N–H and O–H groups in total. The summed E-state index contributed by atoms with van der Waals surface area (Å²) in [6, 6.07) is 18.9. The van der Waals surface area contributed by atoms with Crippen LogP contribution in [0.2, 0.25) is 0 Å². The van der Waals surface area contributed by atoms with E-state index in [2.05, 4.69) is 104 Å². The van der Waals surface area contributed by atoms with Crippen LogP contribution in [0.4, 0.5) is 5.69 Å². The topological polar surface area (TPSA) is 32.6 Å². The maximum Gasteiger partial charge on any atom is 0.128 e. The molecule has 0 unspecified atom stereocenters. The number of hydrogen-bond donors (Lipinski definition) is 1. The van der Waals surface area contributed by atoms with E-state index in [4.69, 9.17) is 4.99 Å². The fourth-order valence-corrected chi connectivity index (χ4v) is 4.00. The average Bonchev–Trinajstić information content (AvgIpc) is 2.69. The zero-order valence-corrected chi connectivity index (χ0v) is 20.9. The summed E-state index contributed by atoms with van der Waals surface area (Å²) in [7, 11) is 0. The Balaban J connectivity index is 2.05. The van der Waals surface area contributed by atoms with Gasteiger partial charge in [-0.25, -0.2) is 0 Å². The van der Waals surface area contributed by atoms with E-state index in [1.165, 1.54) is 27.8 Å². The maximum absolute atomic E-state index is 11.1. The van der Waals surface area contributed by atoms with Crippen molar-refractivity contribution in [3.05, 3.63) is 93.5 Å². The van der Waals surface area contributed by atoms with Crippen LogP contribution >= 0.6 is 0 Å². The molecule has 0 heterocycles. The third-order valence-corrected chi connectivity index (χ3v) is 6.16. The predicted octanol–water partition coefficient (Wildman–Crippen LogP) is 7.95. The minimum atomic E-state index is -0.159. The van der Waals surface area contributed by atoms with Crippen molar-refractivity contribution in [2.24, 2.45) is 4.99 Å². The number of aryl methyl sites for hydroxylation is 2. The van der Waals surface area contributed by atoms with Crippen LogP contribution in [0.1, 0.15) is 80.5 Å². The molecule has 32 heavy (non-hydrogen) atoms. The normalized spacial score (nSPS) is 12.5. The second kappa shape index (κ2) is 8.94. The van der Waals surface area contributed by atoms with Gasteiger partial charge in [0.05, 0.1) is 5.69 Å². The van der Waals surface area contributed by atoms with Gasteiger partial charge >= 0.3 is 0 Å². The second-order valence-electron chi connectivity index (χ2n) is 10.9. The Bertz CT molecular complexity index is 1120. The third kappa shape index (κ3) is 5.30. The van der Waals surface area contributed by atoms with Gasteiger partial charge in [-0.2, -0.15) is 0 Å². The summed E-state index contributed by atoms with van der Waals surface area (Å²) in [5, 5.41) is 11.1. The minimum absolute atomic E-state index is 0.0173. The molecule has 3 aromatic carbocycles. The van der Waals surface area contributed by atoms with Crippen molar-refractivity contribution < 1.29 is 5.11 Å². The highest BCUT2D eigenvalue weighted by Gasteiger charge is 2.24. The van der Waals surface area contributed by atoms with Crippen molar-refractivity contribution in [2.75, 3.05) is 0 Å². The summed E-state index contributed by atoms with van der Waals surface area (Å²) >= 11 is 0. The number of nitrogens with zero attached hydrogens (tertiary/aromatic N) is 1. The van der Waals surface area contributed by atoms with Crippen LogP contribution in [-0.4, -0.2) is 11.3 Å². The first-order valence-corrected chi connectivity index (χ1v) is 11.4. The number of phenols is 1. The molecular formula is C30H37NO. The molecule has 0 aliphatic heterocycles. The Labute approximate surface area is 194 Å². The lowest BCUT2D eigenvalue weighted by molar-refractivity contribution is 0.444. The molecule has 0 fully saturated rings. The Morgan fingerprint density at radius 3 is 2.03 bits per heavy atom. The average molecular weight is 428 g/mol. The summed E-state index contributed by atoms with van der Waals surface area (Å²) in [6.07, 6.45) is 2.66. The van der Waals surface area contributed by atoms with Gasteiger partial charge in [0.2, 0.25) is 0 Å². The van der Waals surface area contributed by atoms with Gasteiger partial charge in [0.25, 0.3) is 0 Å². The molecule has 0 amide bonds. The minimum Gasteiger partial charge on any atom is -0.507 e. The lowest BCUT2D eigenvalue weighted by atomic mass is 9.79. The molecule has 0 spiro atoms. The summed E-state index contributed by atoms with van der Waals surface area (Å²) in [5.74, 6) is 0.321. The van der Waals surface area contributed by atoms with Crippen molar-refractivity contribution in [1.82, 2.24) is 0 Å². The van der Waals surface area contributed by atoms with E-state index in [0.29, 0.717) is 5.75 Å². The van der Waals surface area contributed by atoms with Crippen molar-refractivity contribution >= 4 is 11.9 Å². The van der Waals surface area contributed by atoms with Crippen LogP contribution in [0.15, 0.2) is 59.6 Å². The standard InChI is InChI=1S/C30H37NO/c1-20-12-11-13-21(2)25(20)17-22-14-9-10-15-27(22)31-19-23-16-24(29(3,4)5)18-26(28(23)32)30(6,7)8/h9-16,18-19,32H,17H2,1-8H3. The number of rotatable bonds is 4. The van der Waals surface area contributed by atoms with Crippen LogP contribution in [0.25, 0.3) is 0 Å². The lowest BCUT2D eigenvalue weighted by Crippen LogP contribution is -2.17. The van der Waals surface area contributed by atoms with E-state index >= 15 is 0 Å². The molecule has 2 heteroatoms. The fraction of sp³-hybridized carbons (Fsp3) is 0.367. The number of hydrogen-bond acceptors (Lipinski definition) is 2. The highest BCUT2D eigenvalue weighted by molar-refractivity contribution is 5.87. The Hall–Kier alpha value is -2.87. The number of benzene rings is 3. The Morgan fingerprint density at radius 1 is 0.812 bits per heavy atom. The van der Waals surface area contributed by atoms with Gasteiger partial charge in [0, 0.05) is 23.8 Å². The Morgan fingerprint density at radius 2 is 1.44 bits per heavy atom. The highest BCUT2D eigenvalue weighted by atomic mass is 16.3. The quantitative estimate of drug-likeness (QED) is 0.421. The van der Waals surface area contributed by atoms with Crippen molar-refractivity contribution in [1.29, 1.82) is 0 Å². The first-order chi connectivity index (χ1) is 14.9. The highest BCUT2D eigenvalue weighted by Crippen LogP contribution is 2.37. The van der Waals surface area contributed by atoms with E-state index in [1.54, 1.807) is 0 Å². The molecule has 0 saturated heterocycles. The van der Waals surface area contributed by atoms with Gasteiger partial charge in [-0.1, -0.05) is 84.0 Å². The number of aliphatic imine (C=N–C) groups is 1. The SMILES string of the molecule is Cc1cccc(C)c1Cc1ccccc1N=Cc1cc(C(C)(C)C)cc(C(C)(C)C)c1O. The van der Waals surface area contributed by atoms with Crippen molar-refractivity contribution in [2.45, 2.75) is 72.6 Å². The van der Waals surface area contributed by atoms with Crippen molar-refractivity contribution in [3.63, 3.8) is 0 Å². The van der Waals surface area contributed by atoms with E-state index in [0.717, 1.165) is 23.2 Å². The van der Waals surface area contributed by atoms with Gasteiger partial charge < -0.3 is 5.11 Å². The molecule has 0 atom stereocenters. The number of phenolic OH excluding ortho intramolecular Hbond substituents is 1. The molecule has 168 valence electrons. The van der Waals surface area contributed by atoms with E-state index in [-0.39, 0.29) is 10.8 Å². The van der Waals surface area contributed by atoms with E-state index < -0.39 is 0 Å².